The van der Waals surface area contributed by atoms with Crippen molar-refractivity contribution in [1.82, 2.24) is 0 Å². The summed E-state index contributed by atoms with van der Waals surface area (Å²) in [6, 6.07) is 3.85. The third-order valence-electron chi connectivity index (χ3n) is 2.15. The largest absolute Gasteiger partial charge is 0.468 e. The van der Waals surface area contributed by atoms with Crippen LogP contribution in [0.2, 0.25) is 0 Å². The molecule has 80 valence electrons. The van der Waals surface area contributed by atoms with Gasteiger partial charge in [-0.3, -0.25) is 0 Å². The summed E-state index contributed by atoms with van der Waals surface area (Å²) in [5, 5.41) is 9.23. The molecule has 2 unspecified atom stereocenters. The van der Waals surface area contributed by atoms with Gasteiger partial charge in [-0.25, -0.2) is 0 Å². The molecular weight excluding hydrogens is 198 g/mol. The normalized spacial score (nSPS) is 15.4. The summed E-state index contributed by atoms with van der Waals surface area (Å²) >= 11 is 1.64. The molecule has 1 rings (SSSR count). The first-order valence-electron chi connectivity index (χ1n) is 4.78. The molecule has 0 saturated heterocycles. The minimum Gasteiger partial charge on any atom is -0.468 e. The Hall–Kier alpha value is -0.450. The van der Waals surface area contributed by atoms with Crippen molar-refractivity contribution in [2.45, 2.75) is 30.4 Å². The van der Waals surface area contributed by atoms with Crippen molar-refractivity contribution in [3.8, 4) is 0 Å². The highest BCUT2D eigenvalue weighted by atomic mass is 32.2. The molecule has 1 aromatic rings. The highest BCUT2D eigenvalue weighted by Gasteiger charge is 2.15. The molecule has 3 N–H and O–H groups in total. The van der Waals surface area contributed by atoms with E-state index in [0.29, 0.717) is 0 Å². The molecule has 4 heteroatoms. The maximum atomic E-state index is 9.12. The summed E-state index contributed by atoms with van der Waals surface area (Å²) in [4.78, 5) is 0. The Morgan fingerprint density at radius 2 is 2.43 bits per heavy atom. The minimum atomic E-state index is 0.0555. The molecule has 1 aromatic heterocycles. The molecule has 0 fully saturated rings. The van der Waals surface area contributed by atoms with E-state index in [9.17, 15) is 0 Å². The van der Waals surface area contributed by atoms with Crippen LogP contribution in [0, 0.1) is 0 Å². The maximum Gasteiger partial charge on any atom is 0.113 e. The summed E-state index contributed by atoms with van der Waals surface area (Å²) in [5.41, 5.74) is 5.86. The van der Waals surface area contributed by atoms with Crippen LogP contribution in [0.5, 0.6) is 0 Å². The van der Waals surface area contributed by atoms with Gasteiger partial charge in [-0.15, -0.1) is 11.8 Å². The zero-order chi connectivity index (χ0) is 10.4. The van der Waals surface area contributed by atoms with Gasteiger partial charge in [-0.2, -0.15) is 0 Å². The van der Waals surface area contributed by atoms with E-state index < -0.39 is 0 Å². The first-order valence-corrected chi connectivity index (χ1v) is 5.83. The van der Waals surface area contributed by atoms with E-state index in [1.54, 1.807) is 18.0 Å². The zero-order valence-electron chi connectivity index (χ0n) is 8.35. The van der Waals surface area contributed by atoms with Gasteiger partial charge < -0.3 is 15.3 Å². The number of hydrogen-bond acceptors (Lipinski definition) is 4. The number of nitrogens with two attached hydrogens (primary N) is 1. The fourth-order valence-electron chi connectivity index (χ4n) is 1.16. The van der Waals surface area contributed by atoms with Crippen LogP contribution in [0.25, 0.3) is 0 Å². The third-order valence-corrected chi connectivity index (χ3v) is 3.53. The smallest absolute Gasteiger partial charge is 0.113 e. The van der Waals surface area contributed by atoms with Crippen molar-refractivity contribution in [1.29, 1.82) is 0 Å². The molecule has 14 heavy (non-hydrogen) atoms. The highest BCUT2D eigenvalue weighted by molar-refractivity contribution is 7.99. The second kappa shape index (κ2) is 6.11. The summed E-state index contributed by atoms with van der Waals surface area (Å²) in [6.07, 6.45) is 2.54. The summed E-state index contributed by atoms with van der Waals surface area (Å²) < 4.78 is 5.20. The topological polar surface area (TPSA) is 59.4 Å². The van der Waals surface area contributed by atoms with E-state index in [2.05, 4.69) is 0 Å². The van der Waals surface area contributed by atoms with Crippen LogP contribution in [-0.4, -0.2) is 23.0 Å². The maximum absolute atomic E-state index is 9.12. The first-order chi connectivity index (χ1) is 6.77. The lowest BCUT2D eigenvalue weighted by Crippen LogP contribution is -2.34. The van der Waals surface area contributed by atoms with E-state index in [-0.39, 0.29) is 17.9 Å². The Kier molecular flexibility index (Phi) is 5.07. The van der Waals surface area contributed by atoms with Crippen LogP contribution < -0.4 is 5.73 Å². The first kappa shape index (κ1) is 11.6. The van der Waals surface area contributed by atoms with Gasteiger partial charge in [0.05, 0.1) is 18.6 Å². The second-order valence-corrected chi connectivity index (χ2v) is 4.41. The van der Waals surface area contributed by atoms with Crippen molar-refractivity contribution in [2.75, 3.05) is 6.61 Å². The average molecular weight is 215 g/mol. The molecule has 0 aliphatic carbocycles. The molecule has 3 nitrogen and oxygen atoms in total. The minimum absolute atomic E-state index is 0.0555. The molecule has 0 spiro atoms. The van der Waals surface area contributed by atoms with Crippen molar-refractivity contribution in [3.05, 3.63) is 24.2 Å². The monoisotopic (exact) mass is 215 g/mol. The molecule has 0 saturated carbocycles. The predicted octanol–water partition coefficient (Wildman–Crippen LogP) is 1.61. The average Bonchev–Trinajstić information content (AvgIpc) is 2.71. The van der Waals surface area contributed by atoms with Gasteiger partial charge in [0.15, 0.2) is 0 Å². The van der Waals surface area contributed by atoms with Gasteiger partial charge in [0.2, 0.25) is 0 Å². The SMILES string of the molecule is CCC(N)C(CO)SCc1ccco1. The fourth-order valence-corrected chi connectivity index (χ4v) is 2.25. The molecule has 0 amide bonds. The van der Waals surface area contributed by atoms with Gasteiger partial charge in [-0.1, -0.05) is 6.92 Å². The Morgan fingerprint density at radius 1 is 1.64 bits per heavy atom. The van der Waals surface area contributed by atoms with Crippen LogP contribution in [0.15, 0.2) is 22.8 Å². The Morgan fingerprint density at radius 3 is 2.93 bits per heavy atom. The standard InChI is InChI=1S/C10H17NO2S/c1-2-9(11)10(6-12)14-7-8-4-3-5-13-8/h3-5,9-10,12H,2,6-7,11H2,1H3. The third kappa shape index (κ3) is 3.36. The predicted molar refractivity (Wildman–Crippen MR) is 59.1 cm³/mol. The highest BCUT2D eigenvalue weighted by Crippen LogP contribution is 2.20. The number of hydrogen-bond donors (Lipinski definition) is 2. The van der Waals surface area contributed by atoms with Gasteiger partial charge in [0, 0.05) is 11.3 Å². The van der Waals surface area contributed by atoms with Crippen LogP contribution >= 0.6 is 11.8 Å². The molecule has 0 bridgehead atoms. The zero-order valence-corrected chi connectivity index (χ0v) is 9.17. The Balaban J connectivity index is 2.34. The Bertz CT molecular complexity index is 238. The molecule has 0 aromatic carbocycles. The molecule has 2 atom stereocenters. The van der Waals surface area contributed by atoms with Crippen LogP contribution in [-0.2, 0) is 5.75 Å². The van der Waals surface area contributed by atoms with Gasteiger partial charge >= 0.3 is 0 Å². The summed E-state index contributed by atoms with van der Waals surface area (Å²) in [5.74, 6) is 1.70. The van der Waals surface area contributed by atoms with Crippen LogP contribution in [0.1, 0.15) is 19.1 Å². The van der Waals surface area contributed by atoms with E-state index in [4.69, 9.17) is 15.3 Å². The quantitative estimate of drug-likeness (QED) is 0.757. The van der Waals surface area contributed by atoms with Gasteiger partial charge in [0.25, 0.3) is 0 Å². The number of furan rings is 1. The molecule has 1 heterocycles. The lowest BCUT2D eigenvalue weighted by atomic mass is 10.2. The number of rotatable bonds is 6. The van der Waals surface area contributed by atoms with Crippen molar-refractivity contribution in [3.63, 3.8) is 0 Å². The summed E-state index contributed by atoms with van der Waals surface area (Å²) in [6.45, 7) is 2.15. The van der Waals surface area contributed by atoms with Crippen LogP contribution in [0.4, 0.5) is 0 Å². The van der Waals surface area contributed by atoms with E-state index in [1.807, 2.05) is 19.1 Å². The van der Waals surface area contributed by atoms with E-state index in [0.717, 1.165) is 17.9 Å². The lowest BCUT2D eigenvalue weighted by molar-refractivity contribution is 0.281. The van der Waals surface area contributed by atoms with Crippen molar-refractivity contribution >= 4 is 11.8 Å². The van der Waals surface area contributed by atoms with Gasteiger partial charge in [0.1, 0.15) is 5.76 Å². The molecule has 0 aliphatic heterocycles. The molecule has 0 radical (unpaired) electrons. The second-order valence-electron chi connectivity index (χ2n) is 3.18. The molecule has 0 aliphatic rings. The summed E-state index contributed by atoms with van der Waals surface area (Å²) in [7, 11) is 0. The Labute approximate surface area is 88.7 Å². The molecular formula is C10H17NO2S. The van der Waals surface area contributed by atoms with Gasteiger partial charge in [-0.05, 0) is 18.6 Å². The van der Waals surface area contributed by atoms with Crippen molar-refractivity contribution in [2.24, 2.45) is 5.73 Å². The fraction of sp³-hybridized carbons (Fsp3) is 0.600. The van der Waals surface area contributed by atoms with E-state index >= 15 is 0 Å². The number of aliphatic hydroxyl groups excluding tert-OH is 1. The number of thioether (sulfide) groups is 1. The van der Waals surface area contributed by atoms with E-state index in [1.165, 1.54) is 0 Å². The van der Waals surface area contributed by atoms with Crippen LogP contribution in [0.3, 0.4) is 0 Å². The lowest BCUT2D eigenvalue weighted by Gasteiger charge is -2.19. The van der Waals surface area contributed by atoms with Crippen molar-refractivity contribution < 1.29 is 9.52 Å². The number of aliphatic hydroxyl groups is 1.